The average Bonchev–Trinajstić information content (AvgIpc) is 3.15. The van der Waals surface area contributed by atoms with Crippen LogP contribution in [-0.2, 0) is 9.59 Å². The number of hydrogen-bond acceptors (Lipinski definition) is 6. The Morgan fingerprint density at radius 1 is 0.889 bits per heavy atom. The van der Waals surface area contributed by atoms with Gasteiger partial charge in [0.2, 0.25) is 0 Å². The fourth-order valence-corrected chi connectivity index (χ4v) is 4.14. The van der Waals surface area contributed by atoms with Crippen LogP contribution in [0.1, 0.15) is 17.2 Å². The number of amides is 1. The number of carbonyl (C=O) groups excluding carboxylic acids is 2. The van der Waals surface area contributed by atoms with Crippen molar-refractivity contribution in [3.8, 4) is 11.5 Å². The molecule has 1 N–H and O–H groups in total. The highest BCUT2D eigenvalue weighted by atomic mass is 19.2. The van der Waals surface area contributed by atoms with Crippen LogP contribution < -0.4 is 19.3 Å². The summed E-state index contributed by atoms with van der Waals surface area (Å²) in [6.07, 6.45) is 0. The Bertz CT molecular complexity index is 1370. The summed E-state index contributed by atoms with van der Waals surface area (Å²) in [6.45, 7) is 0. The monoisotopic (exact) mass is 494 g/mol. The fraction of sp³-hybridized carbons (Fsp3) is 0.185. The lowest BCUT2D eigenvalue weighted by molar-refractivity contribution is -0.132. The zero-order valence-electron chi connectivity index (χ0n) is 20.1. The Morgan fingerprint density at radius 3 is 2.14 bits per heavy atom. The molecular weight excluding hydrogens is 470 g/mol. The van der Waals surface area contributed by atoms with Crippen LogP contribution in [0.4, 0.5) is 20.2 Å². The van der Waals surface area contributed by atoms with Gasteiger partial charge in [-0.3, -0.25) is 14.5 Å². The molecule has 186 valence electrons. The van der Waals surface area contributed by atoms with Crippen LogP contribution >= 0.6 is 0 Å². The number of nitrogens with zero attached hydrogens (tertiary/aromatic N) is 2. The number of rotatable bonds is 6. The first-order chi connectivity index (χ1) is 17.2. The van der Waals surface area contributed by atoms with Gasteiger partial charge in [-0.1, -0.05) is 12.1 Å². The van der Waals surface area contributed by atoms with E-state index in [-0.39, 0.29) is 16.8 Å². The maximum absolute atomic E-state index is 14.1. The van der Waals surface area contributed by atoms with E-state index in [1.807, 2.05) is 19.0 Å². The highest BCUT2D eigenvalue weighted by Gasteiger charge is 2.47. The molecule has 4 rings (SSSR count). The van der Waals surface area contributed by atoms with Gasteiger partial charge >= 0.3 is 0 Å². The lowest BCUT2D eigenvalue weighted by Gasteiger charge is -2.26. The lowest BCUT2D eigenvalue weighted by Crippen LogP contribution is -2.29. The molecule has 3 aromatic carbocycles. The molecule has 0 radical (unpaired) electrons. The summed E-state index contributed by atoms with van der Waals surface area (Å²) in [5, 5.41) is 11.3. The topological polar surface area (TPSA) is 79.3 Å². The van der Waals surface area contributed by atoms with E-state index in [4.69, 9.17) is 9.47 Å². The maximum Gasteiger partial charge on any atom is 0.300 e. The van der Waals surface area contributed by atoms with Crippen molar-refractivity contribution in [1.29, 1.82) is 0 Å². The van der Waals surface area contributed by atoms with Gasteiger partial charge in [-0.25, -0.2) is 8.78 Å². The first-order valence-electron chi connectivity index (χ1n) is 10.9. The number of carbonyl (C=O) groups is 2. The third-order valence-electron chi connectivity index (χ3n) is 6.01. The molecule has 9 heteroatoms. The van der Waals surface area contributed by atoms with Crippen molar-refractivity contribution in [3.63, 3.8) is 0 Å². The molecule has 1 fully saturated rings. The molecule has 1 atom stereocenters. The first kappa shape index (κ1) is 24.7. The van der Waals surface area contributed by atoms with Crippen LogP contribution in [0, 0.1) is 11.6 Å². The van der Waals surface area contributed by atoms with Gasteiger partial charge in [0.15, 0.2) is 23.1 Å². The number of benzene rings is 3. The van der Waals surface area contributed by atoms with Crippen molar-refractivity contribution in [2.24, 2.45) is 0 Å². The number of ether oxygens (including phenoxy) is 2. The van der Waals surface area contributed by atoms with Gasteiger partial charge in [-0.05, 0) is 48.0 Å². The quantitative estimate of drug-likeness (QED) is 0.305. The Hall–Kier alpha value is -4.40. The summed E-state index contributed by atoms with van der Waals surface area (Å²) < 4.78 is 38.3. The molecule has 0 saturated carbocycles. The minimum absolute atomic E-state index is 0.0240. The van der Waals surface area contributed by atoms with Crippen molar-refractivity contribution in [2.45, 2.75) is 6.04 Å². The second-order valence-electron chi connectivity index (χ2n) is 8.32. The molecule has 1 aliphatic rings. The number of aliphatic hydroxyl groups is 1. The van der Waals surface area contributed by atoms with Gasteiger partial charge in [0, 0.05) is 37.1 Å². The number of anilines is 2. The molecule has 1 amide bonds. The highest BCUT2D eigenvalue weighted by molar-refractivity contribution is 6.51. The van der Waals surface area contributed by atoms with E-state index >= 15 is 0 Å². The Kier molecular flexibility index (Phi) is 6.65. The number of halogens is 2. The molecule has 0 aliphatic carbocycles. The van der Waals surface area contributed by atoms with Crippen molar-refractivity contribution in [2.75, 3.05) is 38.1 Å². The van der Waals surface area contributed by atoms with Crippen LogP contribution in [0.15, 0.2) is 66.2 Å². The standard InChI is InChI=1S/C27H24F2N2O5/c1-30(2)17-8-5-15(6-9-17)24-23(25(32)16-7-12-21(35-3)22(13-16)36-4)26(33)27(34)31(24)18-10-11-19(28)20(29)14-18/h5-14,24,32H,1-4H3/b25-23+. The van der Waals surface area contributed by atoms with Gasteiger partial charge in [0.25, 0.3) is 11.7 Å². The Balaban J connectivity index is 1.94. The Labute approximate surface area is 206 Å². The van der Waals surface area contributed by atoms with E-state index in [0.717, 1.165) is 22.7 Å². The van der Waals surface area contributed by atoms with Crippen molar-refractivity contribution in [3.05, 3.63) is 89.0 Å². The maximum atomic E-state index is 14.1. The third kappa shape index (κ3) is 4.24. The van der Waals surface area contributed by atoms with E-state index in [0.29, 0.717) is 17.1 Å². The average molecular weight is 494 g/mol. The molecule has 1 unspecified atom stereocenters. The zero-order valence-corrected chi connectivity index (χ0v) is 20.1. The van der Waals surface area contributed by atoms with Crippen LogP contribution in [0.25, 0.3) is 5.76 Å². The summed E-state index contributed by atoms with van der Waals surface area (Å²) in [5.41, 5.74) is 1.35. The second-order valence-corrected chi connectivity index (χ2v) is 8.32. The number of hydrogen-bond donors (Lipinski definition) is 1. The molecule has 7 nitrogen and oxygen atoms in total. The minimum atomic E-state index is -1.17. The number of aliphatic hydroxyl groups excluding tert-OH is 1. The minimum Gasteiger partial charge on any atom is -0.507 e. The van der Waals surface area contributed by atoms with E-state index < -0.39 is 35.1 Å². The van der Waals surface area contributed by atoms with Crippen molar-refractivity contribution >= 4 is 28.8 Å². The van der Waals surface area contributed by atoms with Gasteiger partial charge in [-0.15, -0.1) is 0 Å². The van der Waals surface area contributed by atoms with Gasteiger partial charge in [-0.2, -0.15) is 0 Å². The largest absolute Gasteiger partial charge is 0.507 e. The fourth-order valence-electron chi connectivity index (χ4n) is 4.14. The van der Waals surface area contributed by atoms with Gasteiger partial charge in [0.1, 0.15) is 5.76 Å². The summed E-state index contributed by atoms with van der Waals surface area (Å²) in [5.74, 6) is -3.93. The first-order valence-corrected chi connectivity index (χ1v) is 10.9. The number of methoxy groups -OCH3 is 2. The highest BCUT2D eigenvalue weighted by Crippen LogP contribution is 2.43. The van der Waals surface area contributed by atoms with E-state index in [1.54, 1.807) is 30.3 Å². The third-order valence-corrected chi connectivity index (χ3v) is 6.01. The van der Waals surface area contributed by atoms with Gasteiger partial charge in [0.05, 0.1) is 25.8 Å². The summed E-state index contributed by atoms with van der Waals surface area (Å²) in [4.78, 5) is 29.4. The molecule has 0 spiro atoms. The van der Waals surface area contributed by atoms with Gasteiger partial charge < -0.3 is 19.5 Å². The molecule has 1 heterocycles. The predicted molar refractivity (Wildman–Crippen MR) is 131 cm³/mol. The Morgan fingerprint density at radius 2 is 1.56 bits per heavy atom. The predicted octanol–water partition coefficient (Wildman–Crippen LogP) is 4.67. The van der Waals surface area contributed by atoms with Crippen molar-refractivity contribution < 1.29 is 33.0 Å². The van der Waals surface area contributed by atoms with Crippen LogP contribution in [0.2, 0.25) is 0 Å². The second kappa shape index (κ2) is 9.69. The van der Waals surface area contributed by atoms with Crippen LogP contribution in [0.3, 0.4) is 0 Å². The summed E-state index contributed by atoms with van der Waals surface area (Å²) >= 11 is 0. The van der Waals surface area contributed by atoms with E-state index in [2.05, 4.69) is 0 Å². The zero-order chi connectivity index (χ0) is 26.1. The molecule has 1 saturated heterocycles. The summed E-state index contributed by atoms with van der Waals surface area (Å²) in [7, 11) is 6.61. The SMILES string of the molecule is COc1ccc(/C(O)=C2\C(=O)C(=O)N(c3ccc(F)c(F)c3)C2c2ccc(N(C)C)cc2)cc1OC. The molecule has 1 aliphatic heterocycles. The van der Waals surface area contributed by atoms with Crippen molar-refractivity contribution in [1.82, 2.24) is 0 Å². The molecule has 36 heavy (non-hydrogen) atoms. The molecular formula is C27H24F2N2O5. The number of Topliss-reactive ketones (excluding diaryl/α,β-unsaturated/α-hetero) is 1. The lowest BCUT2D eigenvalue weighted by atomic mass is 9.94. The molecule has 0 bridgehead atoms. The normalized spacial score (nSPS) is 16.8. The number of ketones is 1. The van der Waals surface area contributed by atoms with Crippen LogP contribution in [0.5, 0.6) is 11.5 Å². The van der Waals surface area contributed by atoms with Crippen LogP contribution in [-0.4, -0.2) is 45.1 Å². The summed E-state index contributed by atoms with van der Waals surface area (Å²) in [6, 6.07) is 13.4. The van der Waals surface area contributed by atoms with E-state index in [1.165, 1.54) is 32.4 Å². The van der Waals surface area contributed by atoms with E-state index in [9.17, 15) is 23.5 Å². The molecule has 3 aromatic rings. The molecule has 0 aromatic heterocycles. The smallest absolute Gasteiger partial charge is 0.300 e.